The van der Waals surface area contributed by atoms with E-state index in [2.05, 4.69) is 41.5 Å². The molecule has 2 aromatic carbocycles. The van der Waals surface area contributed by atoms with Crippen LogP contribution in [0.5, 0.6) is 0 Å². The van der Waals surface area contributed by atoms with Crippen molar-refractivity contribution in [3.63, 3.8) is 0 Å². The summed E-state index contributed by atoms with van der Waals surface area (Å²) < 4.78 is 23.6. The third kappa shape index (κ3) is 4.66. The molecule has 0 spiro atoms. The minimum Gasteiger partial charge on any atom is -0.298 e. The van der Waals surface area contributed by atoms with Crippen molar-refractivity contribution in [2.75, 3.05) is 11.6 Å². The summed E-state index contributed by atoms with van der Waals surface area (Å²) >= 11 is 1.44. The van der Waals surface area contributed by atoms with Crippen molar-refractivity contribution in [2.24, 2.45) is 0 Å². The first-order chi connectivity index (χ1) is 13.1. The van der Waals surface area contributed by atoms with Crippen LogP contribution >= 0.6 is 11.3 Å². The third-order valence-electron chi connectivity index (χ3n) is 4.48. The van der Waals surface area contributed by atoms with Crippen LogP contribution in [0.2, 0.25) is 0 Å². The van der Waals surface area contributed by atoms with Gasteiger partial charge in [0, 0.05) is 23.1 Å². The van der Waals surface area contributed by atoms with E-state index in [1.165, 1.54) is 34.6 Å². The number of anilines is 1. The molecule has 1 N–H and O–H groups in total. The molecule has 0 fully saturated rings. The van der Waals surface area contributed by atoms with Gasteiger partial charge in [-0.1, -0.05) is 35.9 Å². The molecule has 3 aromatic rings. The zero-order valence-corrected chi connectivity index (χ0v) is 17.9. The van der Waals surface area contributed by atoms with Gasteiger partial charge in [0.15, 0.2) is 15.0 Å². The standard InChI is InChI=1S/C21H22N2O3S2/c1-13-5-8-16(9-6-13)11-19-15(3)22-21(27-19)23-20(24)18-12-17(28(4,25)26)10-7-14(18)2/h5-10,12H,11H2,1-4H3,(H,22,23,24). The van der Waals surface area contributed by atoms with E-state index in [0.717, 1.165) is 23.2 Å². The van der Waals surface area contributed by atoms with Crippen molar-refractivity contribution in [2.45, 2.75) is 32.1 Å². The lowest BCUT2D eigenvalue weighted by atomic mass is 10.1. The Balaban J connectivity index is 1.81. The van der Waals surface area contributed by atoms with Gasteiger partial charge in [-0.25, -0.2) is 13.4 Å². The maximum atomic E-state index is 12.7. The number of nitrogens with one attached hydrogen (secondary N) is 1. The van der Waals surface area contributed by atoms with Crippen molar-refractivity contribution in [1.29, 1.82) is 0 Å². The van der Waals surface area contributed by atoms with Crippen molar-refractivity contribution in [3.05, 3.63) is 75.3 Å². The van der Waals surface area contributed by atoms with E-state index < -0.39 is 9.84 Å². The lowest BCUT2D eigenvalue weighted by Gasteiger charge is -2.07. The molecule has 0 bridgehead atoms. The number of carbonyl (C=O) groups is 1. The van der Waals surface area contributed by atoms with Gasteiger partial charge in [0.2, 0.25) is 0 Å². The van der Waals surface area contributed by atoms with E-state index >= 15 is 0 Å². The summed E-state index contributed by atoms with van der Waals surface area (Å²) in [5.74, 6) is -0.362. The van der Waals surface area contributed by atoms with Gasteiger partial charge in [-0.3, -0.25) is 10.1 Å². The molecule has 1 aromatic heterocycles. The molecule has 0 aliphatic rings. The second kappa shape index (κ2) is 7.85. The second-order valence-electron chi connectivity index (χ2n) is 6.89. The molecule has 7 heteroatoms. The van der Waals surface area contributed by atoms with Crippen molar-refractivity contribution < 1.29 is 13.2 Å². The first-order valence-corrected chi connectivity index (χ1v) is 11.5. The first kappa shape index (κ1) is 20.2. The Morgan fingerprint density at radius 2 is 1.75 bits per heavy atom. The molecular formula is C21H22N2O3S2. The molecule has 0 saturated carbocycles. The molecule has 28 heavy (non-hydrogen) atoms. The van der Waals surface area contributed by atoms with E-state index in [1.54, 1.807) is 13.0 Å². The summed E-state index contributed by atoms with van der Waals surface area (Å²) in [6.45, 7) is 5.75. The molecular weight excluding hydrogens is 392 g/mol. The van der Waals surface area contributed by atoms with E-state index in [1.807, 2.05) is 6.92 Å². The SMILES string of the molecule is Cc1ccc(Cc2sc(NC(=O)c3cc(S(C)(=O)=O)ccc3C)nc2C)cc1. The van der Waals surface area contributed by atoms with Crippen molar-refractivity contribution in [1.82, 2.24) is 4.98 Å². The van der Waals surface area contributed by atoms with E-state index in [-0.39, 0.29) is 10.8 Å². The van der Waals surface area contributed by atoms with Crippen LogP contribution in [0.25, 0.3) is 0 Å². The second-order valence-corrected chi connectivity index (χ2v) is 9.99. The van der Waals surface area contributed by atoms with E-state index in [0.29, 0.717) is 16.3 Å². The van der Waals surface area contributed by atoms with Crippen LogP contribution in [0, 0.1) is 20.8 Å². The molecule has 146 valence electrons. The maximum absolute atomic E-state index is 12.7. The average Bonchev–Trinajstić information content (AvgIpc) is 2.95. The highest BCUT2D eigenvalue weighted by Gasteiger charge is 2.17. The number of hydrogen-bond donors (Lipinski definition) is 1. The molecule has 1 amide bonds. The molecule has 0 aliphatic heterocycles. The van der Waals surface area contributed by atoms with Gasteiger partial charge in [0.1, 0.15) is 0 Å². The topological polar surface area (TPSA) is 76.1 Å². The van der Waals surface area contributed by atoms with Gasteiger partial charge >= 0.3 is 0 Å². The Morgan fingerprint density at radius 1 is 1.07 bits per heavy atom. The fraction of sp³-hybridized carbons (Fsp3) is 0.238. The van der Waals surface area contributed by atoms with Crippen LogP contribution in [-0.4, -0.2) is 25.6 Å². The molecule has 3 rings (SSSR count). The molecule has 5 nitrogen and oxygen atoms in total. The third-order valence-corrected chi connectivity index (χ3v) is 6.66. The lowest BCUT2D eigenvalue weighted by molar-refractivity contribution is 0.102. The maximum Gasteiger partial charge on any atom is 0.257 e. The number of sulfone groups is 1. The summed E-state index contributed by atoms with van der Waals surface area (Å²) in [5.41, 5.74) is 4.31. The largest absolute Gasteiger partial charge is 0.298 e. The lowest BCUT2D eigenvalue weighted by Crippen LogP contribution is -2.14. The zero-order chi connectivity index (χ0) is 20.5. The smallest absolute Gasteiger partial charge is 0.257 e. The van der Waals surface area contributed by atoms with Gasteiger partial charge in [-0.2, -0.15) is 0 Å². The van der Waals surface area contributed by atoms with Gasteiger partial charge in [-0.15, -0.1) is 11.3 Å². The Morgan fingerprint density at radius 3 is 2.39 bits per heavy atom. The van der Waals surface area contributed by atoms with Crippen LogP contribution in [0.1, 0.15) is 37.6 Å². The highest BCUT2D eigenvalue weighted by atomic mass is 32.2. The summed E-state index contributed by atoms with van der Waals surface area (Å²) in [7, 11) is -3.38. The fourth-order valence-corrected chi connectivity index (χ4v) is 4.42. The Labute approximate surface area is 169 Å². The Bertz CT molecular complexity index is 1130. The quantitative estimate of drug-likeness (QED) is 0.675. The summed E-state index contributed by atoms with van der Waals surface area (Å²) in [6, 6.07) is 12.9. The number of amides is 1. The average molecular weight is 415 g/mol. The summed E-state index contributed by atoms with van der Waals surface area (Å²) in [4.78, 5) is 18.4. The number of carbonyl (C=O) groups excluding carboxylic acids is 1. The Hall–Kier alpha value is -2.51. The van der Waals surface area contributed by atoms with Crippen LogP contribution in [0.3, 0.4) is 0 Å². The zero-order valence-electron chi connectivity index (χ0n) is 16.2. The number of aryl methyl sites for hydroxylation is 3. The molecule has 0 radical (unpaired) electrons. The Kier molecular flexibility index (Phi) is 5.67. The fourth-order valence-electron chi connectivity index (χ4n) is 2.78. The number of benzene rings is 2. The number of hydrogen-bond acceptors (Lipinski definition) is 5. The normalized spacial score (nSPS) is 11.4. The van der Waals surface area contributed by atoms with E-state index in [9.17, 15) is 13.2 Å². The number of aromatic nitrogens is 1. The highest BCUT2D eigenvalue weighted by molar-refractivity contribution is 7.90. The predicted molar refractivity (Wildman–Crippen MR) is 113 cm³/mol. The molecule has 1 heterocycles. The number of nitrogens with zero attached hydrogens (tertiary/aromatic N) is 1. The molecule has 0 atom stereocenters. The summed E-state index contributed by atoms with van der Waals surface area (Å²) in [5, 5.41) is 3.32. The molecule has 0 saturated heterocycles. The van der Waals surface area contributed by atoms with Crippen LogP contribution in [0.15, 0.2) is 47.4 Å². The minimum atomic E-state index is -3.38. The van der Waals surface area contributed by atoms with Gasteiger partial charge < -0.3 is 0 Å². The molecule has 0 unspecified atom stereocenters. The van der Waals surface area contributed by atoms with Gasteiger partial charge in [-0.05, 0) is 44.0 Å². The highest BCUT2D eigenvalue weighted by Crippen LogP contribution is 2.26. The van der Waals surface area contributed by atoms with E-state index in [4.69, 9.17) is 0 Å². The number of thiazole rings is 1. The number of rotatable bonds is 5. The van der Waals surface area contributed by atoms with Crippen LogP contribution < -0.4 is 5.32 Å². The van der Waals surface area contributed by atoms with Crippen molar-refractivity contribution >= 4 is 32.2 Å². The van der Waals surface area contributed by atoms with Crippen LogP contribution in [0.4, 0.5) is 5.13 Å². The first-order valence-electron chi connectivity index (χ1n) is 8.77. The van der Waals surface area contributed by atoms with Crippen molar-refractivity contribution in [3.8, 4) is 0 Å². The molecule has 0 aliphatic carbocycles. The summed E-state index contributed by atoms with van der Waals surface area (Å²) in [6.07, 6.45) is 1.88. The van der Waals surface area contributed by atoms with Gasteiger partial charge in [0.25, 0.3) is 5.91 Å². The predicted octanol–water partition coefficient (Wildman–Crippen LogP) is 4.31. The van der Waals surface area contributed by atoms with Crippen LogP contribution in [-0.2, 0) is 16.3 Å². The monoisotopic (exact) mass is 414 g/mol. The minimum absolute atomic E-state index is 0.124. The van der Waals surface area contributed by atoms with Gasteiger partial charge in [0.05, 0.1) is 10.6 Å².